The van der Waals surface area contributed by atoms with E-state index >= 15 is 0 Å². The molecule has 2 aliphatic heterocycles. The van der Waals surface area contributed by atoms with Crippen LogP contribution in [0.1, 0.15) is 19.3 Å². The molecule has 166 valence electrons. The SMILES string of the molecule is O=C(CCNS(=O)(=O)c1ccc(F)c(F)c1)N1CCCC(C(=O)N2CCOCC2)C1. The van der Waals surface area contributed by atoms with Crippen molar-refractivity contribution < 1.29 is 31.5 Å². The molecule has 1 aromatic rings. The molecule has 2 saturated heterocycles. The normalized spacial score (nSPS) is 20.3. The van der Waals surface area contributed by atoms with E-state index in [-0.39, 0.29) is 30.7 Å². The second-order valence-corrected chi connectivity index (χ2v) is 9.11. The Labute approximate surface area is 174 Å². The average molecular weight is 445 g/mol. The summed E-state index contributed by atoms with van der Waals surface area (Å²) >= 11 is 0. The highest BCUT2D eigenvalue weighted by molar-refractivity contribution is 7.89. The second kappa shape index (κ2) is 9.80. The van der Waals surface area contributed by atoms with E-state index in [1.807, 2.05) is 0 Å². The molecule has 2 aliphatic rings. The molecule has 1 N–H and O–H groups in total. The number of nitrogens with one attached hydrogen (secondary N) is 1. The van der Waals surface area contributed by atoms with Crippen LogP contribution in [-0.2, 0) is 24.3 Å². The van der Waals surface area contributed by atoms with E-state index in [2.05, 4.69) is 4.72 Å². The lowest BCUT2D eigenvalue weighted by Gasteiger charge is -2.36. The number of hydrogen-bond acceptors (Lipinski definition) is 5. The lowest BCUT2D eigenvalue weighted by Crippen LogP contribution is -2.49. The van der Waals surface area contributed by atoms with Gasteiger partial charge in [0.25, 0.3) is 0 Å². The van der Waals surface area contributed by atoms with E-state index < -0.39 is 26.6 Å². The van der Waals surface area contributed by atoms with Crippen LogP contribution >= 0.6 is 0 Å². The molecule has 30 heavy (non-hydrogen) atoms. The van der Waals surface area contributed by atoms with Crippen LogP contribution in [0.25, 0.3) is 0 Å². The molecule has 2 heterocycles. The molecule has 8 nitrogen and oxygen atoms in total. The topological polar surface area (TPSA) is 96.0 Å². The summed E-state index contributed by atoms with van der Waals surface area (Å²) in [7, 11) is -4.06. The summed E-state index contributed by atoms with van der Waals surface area (Å²) in [6, 6.07) is 2.27. The summed E-state index contributed by atoms with van der Waals surface area (Å²) in [5, 5.41) is 0. The molecule has 2 fully saturated rings. The van der Waals surface area contributed by atoms with Crippen molar-refractivity contribution in [3.63, 3.8) is 0 Å². The van der Waals surface area contributed by atoms with E-state index in [0.717, 1.165) is 12.1 Å². The number of piperidine rings is 1. The van der Waals surface area contributed by atoms with E-state index in [0.29, 0.717) is 58.3 Å². The van der Waals surface area contributed by atoms with Crippen LogP contribution in [0.15, 0.2) is 23.1 Å². The molecule has 0 radical (unpaired) electrons. The number of hydrogen-bond donors (Lipinski definition) is 1. The van der Waals surface area contributed by atoms with Gasteiger partial charge in [0.2, 0.25) is 21.8 Å². The van der Waals surface area contributed by atoms with Crippen molar-refractivity contribution in [1.29, 1.82) is 0 Å². The molecule has 1 atom stereocenters. The van der Waals surface area contributed by atoms with Gasteiger partial charge < -0.3 is 14.5 Å². The minimum Gasteiger partial charge on any atom is -0.378 e. The number of amides is 2. The van der Waals surface area contributed by atoms with Crippen molar-refractivity contribution in [3.05, 3.63) is 29.8 Å². The van der Waals surface area contributed by atoms with Gasteiger partial charge in [0, 0.05) is 39.1 Å². The molecule has 0 spiro atoms. The highest BCUT2D eigenvalue weighted by atomic mass is 32.2. The number of likely N-dealkylation sites (tertiary alicyclic amines) is 1. The number of benzene rings is 1. The molecule has 1 unspecified atom stereocenters. The van der Waals surface area contributed by atoms with E-state index in [1.54, 1.807) is 9.80 Å². The smallest absolute Gasteiger partial charge is 0.240 e. The van der Waals surface area contributed by atoms with Crippen molar-refractivity contribution >= 4 is 21.8 Å². The molecule has 0 aliphatic carbocycles. The monoisotopic (exact) mass is 445 g/mol. The first kappa shape index (κ1) is 22.6. The third kappa shape index (κ3) is 5.52. The Morgan fingerprint density at radius 1 is 1.10 bits per heavy atom. The quantitative estimate of drug-likeness (QED) is 0.697. The summed E-state index contributed by atoms with van der Waals surface area (Å²) in [5.41, 5.74) is 0. The summed E-state index contributed by atoms with van der Waals surface area (Å²) in [5.74, 6) is -2.91. The van der Waals surface area contributed by atoms with Crippen LogP contribution in [0, 0.1) is 17.6 Å². The number of morpholine rings is 1. The highest BCUT2D eigenvalue weighted by Gasteiger charge is 2.31. The number of ether oxygens (including phenoxy) is 1. The van der Waals surface area contributed by atoms with Crippen LogP contribution in [0.4, 0.5) is 8.78 Å². The van der Waals surface area contributed by atoms with Crippen molar-refractivity contribution in [1.82, 2.24) is 14.5 Å². The van der Waals surface area contributed by atoms with Crippen molar-refractivity contribution in [2.24, 2.45) is 5.92 Å². The lowest BCUT2D eigenvalue weighted by molar-refractivity contribution is -0.143. The number of rotatable bonds is 6. The van der Waals surface area contributed by atoms with Gasteiger partial charge in [0.1, 0.15) is 0 Å². The molecule has 3 rings (SSSR count). The molecule has 0 saturated carbocycles. The van der Waals surface area contributed by atoms with Crippen LogP contribution in [0.2, 0.25) is 0 Å². The zero-order valence-corrected chi connectivity index (χ0v) is 17.3. The molecule has 2 amide bonds. The Bertz CT molecular complexity index is 890. The van der Waals surface area contributed by atoms with Gasteiger partial charge in [0.15, 0.2) is 11.6 Å². The van der Waals surface area contributed by atoms with E-state index in [1.165, 1.54) is 0 Å². The fraction of sp³-hybridized carbons (Fsp3) is 0.579. The fourth-order valence-corrected chi connectivity index (χ4v) is 4.67. The standard InChI is InChI=1S/C19H25F2N3O5S/c20-16-4-3-15(12-17(16)21)30(27,28)22-6-5-18(25)24-7-1-2-14(13-24)19(26)23-8-10-29-11-9-23/h3-4,12,14,22H,1-2,5-11,13H2. The van der Waals surface area contributed by atoms with Gasteiger partial charge in [-0.2, -0.15) is 0 Å². The number of carbonyl (C=O) groups is 2. The second-order valence-electron chi connectivity index (χ2n) is 7.34. The summed E-state index contributed by atoms with van der Waals surface area (Å²) < 4.78 is 58.1. The van der Waals surface area contributed by atoms with Crippen molar-refractivity contribution in [2.45, 2.75) is 24.2 Å². The zero-order chi connectivity index (χ0) is 21.7. The predicted octanol–water partition coefficient (Wildman–Crippen LogP) is 0.731. The predicted molar refractivity (Wildman–Crippen MR) is 103 cm³/mol. The van der Waals surface area contributed by atoms with Gasteiger partial charge in [0.05, 0.1) is 24.0 Å². The first-order valence-corrected chi connectivity index (χ1v) is 11.4. The molecule has 11 heteroatoms. The minimum absolute atomic E-state index is 0.0230. The lowest BCUT2D eigenvalue weighted by atomic mass is 9.96. The summed E-state index contributed by atoms with van der Waals surface area (Å²) in [6.45, 7) is 2.77. The van der Waals surface area contributed by atoms with Crippen molar-refractivity contribution in [3.8, 4) is 0 Å². The maximum atomic E-state index is 13.3. The number of sulfonamides is 1. The van der Waals surface area contributed by atoms with Crippen LogP contribution in [0.5, 0.6) is 0 Å². The average Bonchev–Trinajstić information content (AvgIpc) is 2.75. The Balaban J connectivity index is 1.50. The third-order valence-electron chi connectivity index (χ3n) is 5.28. The van der Waals surface area contributed by atoms with Gasteiger partial charge in [-0.1, -0.05) is 0 Å². The third-order valence-corrected chi connectivity index (χ3v) is 6.74. The maximum Gasteiger partial charge on any atom is 0.240 e. The Kier molecular flexibility index (Phi) is 7.37. The Morgan fingerprint density at radius 2 is 1.83 bits per heavy atom. The first-order chi connectivity index (χ1) is 14.3. The maximum absolute atomic E-state index is 13.3. The Morgan fingerprint density at radius 3 is 2.53 bits per heavy atom. The van der Waals surface area contributed by atoms with Crippen LogP contribution in [-0.4, -0.2) is 76.0 Å². The van der Waals surface area contributed by atoms with E-state index in [9.17, 15) is 26.8 Å². The number of nitrogens with zero attached hydrogens (tertiary/aromatic N) is 2. The molecule has 0 aromatic heterocycles. The van der Waals surface area contributed by atoms with Crippen LogP contribution in [0.3, 0.4) is 0 Å². The van der Waals surface area contributed by atoms with Gasteiger partial charge in [-0.3, -0.25) is 9.59 Å². The van der Waals surface area contributed by atoms with Gasteiger partial charge >= 0.3 is 0 Å². The summed E-state index contributed by atoms with van der Waals surface area (Å²) in [6.07, 6.45) is 1.32. The first-order valence-electron chi connectivity index (χ1n) is 9.87. The molecular formula is C19H25F2N3O5S. The molecular weight excluding hydrogens is 420 g/mol. The van der Waals surface area contributed by atoms with Gasteiger partial charge in [-0.05, 0) is 31.0 Å². The highest BCUT2D eigenvalue weighted by Crippen LogP contribution is 2.20. The van der Waals surface area contributed by atoms with E-state index in [4.69, 9.17) is 4.74 Å². The largest absolute Gasteiger partial charge is 0.378 e. The van der Waals surface area contributed by atoms with Gasteiger partial charge in [-0.25, -0.2) is 21.9 Å². The minimum atomic E-state index is -4.06. The Hall–Kier alpha value is -2.11. The molecule has 0 bridgehead atoms. The summed E-state index contributed by atoms with van der Waals surface area (Å²) in [4.78, 5) is 28.1. The van der Waals surface area contributed by atoms with Gasteiger partial charge in [-0.15, -0.1) is 0 Å². The van der Waals surface area contributed by atoms with Crippen LogP contribution < -0.4 is 4.72 Å². The molecule has 1 aromatic carbocycles. The number of halogens is 2. The van der Waals surface area contributed by atoms with Crippen molar-refractivity contribution in [2.75, 3.05) is 45.9 Å². The number of carbonyl (C=O) groups excluding carboxylic acids is 2. The zero-order valence-electron chi connectivity index (χ0n) is 16.5. The fourth-order valence-electron chi connectivity index (χ4n) is 3.62.